The molecule has 5 heteroatoms. The third-order valence-electron chi connectivity index (χ3n) is 5.17. The normalized spacial score (nSPS) is 11.7. The molecule has 0 aliphatic rings. The molecule has 0 amide bonds. The van der Waals surface area contributed by atoms with Gasteiger partial charge >= 0.3 is 6.18 Å². The van der Waals surface area contributed by atoms with Gasteiger partial charge in [-0.05, 0) is 64.7 Å². The first kappa shape index (κ1) is 19.1. The molecular formula is C26H16F3NO. The summed E-state index contributed by atoms with van der Waals surface area (Å²) < 4.78 is 44.3. The lowest BCUT2D eigenvalue weighted by atomic mass is 9.98. The average molecular weight is 415 g/mol. The maximum absolute atomic E-state index is 12.8. The molecule has 5 aromatic rings. The minimum Gasteiger partial charge on any atom is -0.436 e. The van der Waals surface area contributed by atoms with E-state index in [4.69, 9.17) is 4.42 Å². The van der Waals surface area contributed by atoms with Crippen LogP contribution < -0.4 is 0 Å². The molecule has 0 atom stereocenters. The number of para-hydroxylation sites is 2. The molecule has 0 spiro atoms. The molecule has 31 heavy (non-hydrogen) atoms. The molecular weight excluding hydrogens is 399 g/mol. The predicted octanol–water partition coefficient (Wildman–Crippen LogP) is 7.85. The Morgan fingerprint density at radius 1 is 0.581 bits per heavy atom. The number of benzene rings is 4. The number of aromatic nitrogens is 1. The number of hydrogen-bond acceptors (Lipinski definition) is 2. The Bertz CT molecular complexity index is 1320. The van der Waals surface area contributed by atoms with E-state index in [0.717, 1.165) is 51.0 Å². The van der Waals surface area contributed by atoms with Crippen molar-refractivity contribution in [3.8, 4) is 33.7 Å². The second-order valence-corrected chi connectivity index (χ2v) is 7.22. The molecule has 1 heterocycles. The zero-order valence-corrected chi connectivity index (χ0v) is 16.2. The average Bonchev–Trinajstić information content (AvgIpc) is 3.23. The van der Waals surface area contributed by atoms with Gasteiger partial charge in [0.1, 0.15) is 5.52 Å². The summed E-state index contributed by atoms with van der Waals surface area (Å²) in [6.07, 6.45) is -4.34. The topological polar surface area (TPSA) is 26.0 Å². The van der Waals surface area contributed by atoms with Crippen molar-refractivity contribution in [3.63, 3.8) is 0 Å². The Morgan fingerprint density at radius 3 is 1.77 bits per heavy atom. The third-order valence-corrected chi connectivity index (χ3v) is 5.17. The van der Waals surface area contributed by atoms with Crippen LogP contribution in [0.15, 0.2) is 101 Å². The minimum atomic E-state index is -4.34. The van der Waals surface area contributed by atoms with Gasteiger partial charge in [-0.15, -0.1) is 0 Å². The molecule has 0 bridgehead atoms. The maximum Gasteiger partial charge on any atom is 0.416 e. The fourth-order valence-corrected chi connectivity index (χ4v) is 3.53. The predicted molar refractivity (Wildman–Crippen MR) is 115 cm³/mol. The molecule has 0 radical (unpaired) electrons. The first-order chi connectivity index (χ1) is 15.0. The fraction of sp³-hybridized carbons (Fsp3) is 0.0385. The highest BCUT2D eigenvalue weighted by Gasteiger charge is 2.29. The summed E-state index contributed by atoms with van der Waals surface area (Å²) in [5.41, 5.74) is 5.33. The molecule has 0 N–H and O–H groups in total. The van der Waals surface area contributed by atoms with Gasteiger partial charge in [0.05, 0.1) is 5.56 Å². The van der Waals surface area contributed by atoms with E-state index in [1.54, 1.807) is 0 Å². The molecule has 0 fully saturated rings. The summed E-state index contributed by atoms with van der Waals surface area (Å²) in [6, 6.07) is 28.4. The second kappa shape index (κ2) is 7.43. The number of alkyl halides is 3. The van der Waals surface area contributed by atoms with E-state index in [-0.39, 0.29) is 0 Å². The third kappa shape index (κ3) is 3.82. The Balaban J connectivity index is 1.43. The maximum atomic E-state index is 12.8. The van der Waals surface area contributed by atoms with Gasteiger partial charge < -0.3 is 4.42 Å². The Hall–Kier alpha value is -3.86. The van der Waals surface area contributed by atoms with E-state index < -0.39 is 11.7 Å². The van der Waals surface area contributed by atoms with Crippen molar-refractivity contribution in [2.24, 2.45) is 0 Å². The van der Waals surface area contributed by atoms with Crippen molar-refractivity contribution in [1.29, 1.82) is 0 Å². The van der Waals surface area contributed by atoms with Gasteiger partial charge in [0, 0.05) is 5.56 Å². The van der Waals surface area contributed by atoms with Crippen molar-refractivity contribution in [1.82, 2.24) is 4.98 Å². The first-order valence-corrected chi connectivity index (χ1v) is 9.71. The Kier molecular flexibility index (Phi) is 4.59. The molecule has 0 aliphatic heterocycles. The van der Waals surface area contributed by atoms with E-state index in [1.165, 1.54) is 12.1 Å². The zero-order chi connectivity index (χ0) is 21.4. The van der Waals surface area contributed by atoms with Crippen LogP contribution in [0.1, 0.15) is 5.56 Å². The monoisotopic (exact) mass is 415 g/mol. The number of fused-ring (bicyclic) bond motifs is 1. The summed E-state index contributed by atoms with van der Waals surface area (Å²) in [5.74, 6) is 0.561. The molecule has 2 nitrogen and oxygen atoms in total. The highest BCUT2D eigenvalue weighted by Crippen LogP contribution is 2.33. The minimum absolute atomic E-state index is 0.561. The van der Waals surface area contributed by atoms with Crippen molar-refractivity contribution >= 4 is 11.1 Å². The highest BCUT2D eigenvalue weighted by atomic mass is 19.4. The van der Waals surface area contributed by atoms with Crippen LogP contribution in [0.4, 0.5) is 13.2 Å². The number of rotatable bonds is 3. The van der Waals surface area contributed by atoms with Gasteiger partial charge in [0.25, 0.3) is 0 Å². The second-order valence-electron chi connectivity index (χ2n) is 7.22. The number of oxazole rings is 1. The molecule has 0 saturated heterocycles. The molecule has 1 aromatic heterocycles. The smallest absolute Gasteiger partial charge is 0.416 e. The van der Waals surface area contributed by atoms with Gasteiger partial charge in [-0.3, -0.25) is 0 Å². The van der Waals surface area contributed by atoms with Crippen molar-refractivity contribution in [3.05, 3.63) is 103 Å². The summed E-state index contributed by atoms with van der Waals surface area (Å²) in [5, 5.41) is 0. The molecule has 0 saturated carbocycles. The van der Waals surface area contributed by atoms with E-state index in [9.17, 15) is 13.2 Å². The van der Waals surface area contributed by atoms with Crippen LogP contribution in [0, 0.1) is 0 Å². The zero-order valence-electron chi connectivity index (χ0n) is 16.2. The Morgan fingerprint density at radius 2 is 1.16 bits per heavy atom. The number of nitrogens with zero attached hydrogens (tertiary/aromatic N) is 1. The van der Waals surface area contributed by atoms with Crippen LogP contribution in [0.25, 0.3) is 44.8 Å². The lowest BCUT2D eigenvalue weighted by Gasteiger charge is -2.09. The lowest BCUT2D eigenvalue weighted by Crippen LogP contribution is -2.03. The van der Waals surface area contributed by atoms with Crippen molar-refractivity contribution in [2.75, 3.05) is 0 Å². The number of hydrogen-bond donors (Lipinski definition) is 0. The molecule has 4 aromatic carbocycles. The van der Waals surface area contributed by atoms with Crippen molar-refractivity contribution < 1.29 is 17.6 Å². The highest BCUT2D eigenvalue weighted by molar-refractivity contribution is 5.77. The van der Waals surface area contributed by atoms with Crippen LogP contribution in [-0.2, 0) is 6.18 Å². The molecule has 152 valence electrons. The van der Waals surface area contributed by atoms with Gasteiger partial charge in [-0.1, -0.05) is 54.6 Å². The van der Waals surface area contributed by atoms with Gasteiger partial charge in [0.15, 0.2) is 5.58 Å². The summed E-state index contributed by atoms with van der Waals surface area (Å²) >= 11 is 0. The van der Waals surface area contributed by atoms with Gasteiger partial charge in [-0.25, -0.2) is 4.98 Å². The number of halogens is 3. The van der Waals surface area contributed by atoms with Gasteiger partial charge in [0.2, 0.25) is 5.89 Å². The van der Waals surface area contributed by atoms with E-state index >= 15 is 0 Å². The van der Waals surface area contributed by atoms with Crippen LogP contribution >= 0.6 is 0 Å². The lowest BCUT2D eigenvalue weighted by molar-refractivity contribution is -0.137. The molecule has 0 unspecified atom stereocenters. The standard InChI is InChI=1S/C26H16F3NO/c27-26(28,29)22-14-12-18(13-15-22)21-5-3-4-20(16-21)17-8-10-19(11-9-17)25-30-23-6-1-2-7-24(23)31-25/h1-16H. The quantitative estimate of drug-likeness (QED) is 0.300. The van der Waals surface area contributed by atoms with Crippen LogP contribution in [0.2, 0.25) is 0 Å². The van der Waals surface area contributed by atoms with Crippen molar-refractivity contribution in [2.45, 2.75) is 6.18 Å². The SMILES string of the molecule is FC(F)(F)c1ccc(-c2cccc(-c3ccc(-c4nc5ccccc5o4)cc3)c2)cc1. The van der Waals surface area contributed by atoms with Gasteiger partial charge in [-0.2, -0.15) is 13.2 Å². The van der Waals surface area contributed by atoms with Crippen LogP contribution in [0.3, 0.4) is 0 Å². The first-order valence-electron chi connectivity index (χ1n) is 9.71. The van der Waals surface area contributed by atoms with E-state index in [2.05, 4.69) is 4.98 Å². The largest absolute Gasteiger partial charge is 0.436 e. The fourth-order valence-electron chi connectivity index (χ4n) is 3.53. The van der Waals surface area contributed by atoms with E-state index in [1.807, 2.05) is 72.8 Å². The molecule has 5 rings (SSSR count). The Labute approximate surface area is 176 Å². The summed E-state index contributed by atoms with van der Waals surface area (Å²) in [6.45, 7) is 0. The molecule has 0 aliphatic carbocycles. The van der Waals surface area contributed by atoms with Crippen LogP contribution in [-0.4, -0.2) is 4.98 Å². The van der Waals surface area contributed by atoms with Crippen LogP contribution in [0.5, 0.6) is 0 Å². The summed E-state index contributed by atoms with van der Waals surface area (Å²) in [7, 11) is 0. The van der Waals surface area contributed by atoms with E-state index in [0.29, 0.717) is 5.89 Å². The summed E-state index contributed by atoms with van der Waals surface area (Å²) in [4.78, 5) is 4.52.